The summed E-state index contributed by atoms with van der Waals surface area (Å²) in [4.78, 5) is 14.3. The van der Waals surface area contributed by atoms with E-state index in [1.165, 1.54) is 24.0 Å². The molecule has 0 aliphatic carbocycles. The van der Waals surface area contributed by atoms with Crippen molar-refractivity contribution in [1.82, 2.24) is 10.2 Å². The summed E-state index contributed by atoms with van der Waals surface area (Å²) in [6.45, 7) is 5.95. The van der Waals surface area contributed by atoms with Gasteiger partial charge in [-0.25, -0.2) is 0 Å². The van der Waals surface area contributed by atoms with Crippen LogP contribution in [0.1, 0.15) is 37.3 Å². The third-order valence-corrected chi connectivity index (χ3v) is 4.30. The summed E-state index contributed by atoms with van der Waals surface area (Å²) in [7, 11) is 1.90. The number of carbonyl (C=O) groups excluding carboxylic acids is 1. The minimum Gasteiger partial charge on any atom is -0.340 e. The van der Waals surface area contributed by atoms with E-state index in [0.29, 0.717) is 12.5 Å². The average Bonchev–Trinajstić information content (AvgIpc) is 2.48. The number of carbonyl (C=O) groups is 1. The third-order valence-electron chi connectivity index (χ3n) is 4.30. The molecule has 0 aromatic heterocycles. The van der Waals surface area contributed by atoms with E-state index in [1.807, 2.05) is 11.9 Å². The number of rotatable bonds is 4. The number of hydrogen-bond donors (Lipinski definition) is 1. The number of aryl methyl sites for hydroxylation is 1. The van der Waals surface area contributed by atoms with Gasteiger partial charge in [0.15, 0.2) is 0 Å². The maximum absolute atomic E-state index is 12.5. The van der Waals surface area contributed by atoms with E-state index < -0.39 is 0 Å². The number of amides is 1. The van der Waals surface area contributed by atoms with E-state index in [-0.39, 0.29) is 11.9 Å². The van der Waals surface area contributed by atoms with Gasteiger partial charge in [0, 0.05) is 13.6 Å². The van der Waals surface area contributed by atoms with Crippen LogP contribution in [0.4, 0.5) is 0 Å². The van der Waals surface area contributed by atoms with Crippen molar-refractivity contribution in [3.8, 4) is 0 Å². The number of hydrogen-bond acceptors (Lipinski definition) is 2. The molecule has 1 aliphatic heterocycles. The molecule has 0 spiro atoms. The van der Waals surface area contributed by atoms with Gasteiger partial charge in [-0.3, -0.25) is 4.79 Å². The molecule has 0 saturated carbocycles. The van der Waals surface area contributed by atoms with E-state index in [9.17, 15) is 4.79 Å². The summed E-state index contributed by atoms with van der Waals surface area (Å²) in [5.74, 6) is 0.918. The third kappa shape index (κ3) is 3.83. The van der Waals surface area contributed by atoms with Crippen LogP contribution in [0.3, 0.4) is 0 Å². The molecule has 2 rings (SSSR count). The van der Waals surface area contributed by atoms with Crippen molar-refractivity contribution >= 4 is 5.91 Å². The molecular weight excluding hydrogens is 248 g/mol. The first-order chi connectivity index (χ1) is 9.60. The first-order valence-corrected chi connectivity index (χ1v) is 7.64. The van der Waals surface area contributed by atoms with E-state index >= 15 is 0 Å². The van der Waals surface area contributed by atoms with Crippen molar-refractivity contribution in [1.29, 1.82) is 0 Å². The van der Waals surface area contributed by atoms with E-state index in [1.54, 1.807) is 0 Å². The van der Waals surface area contributed by atoms with Gasteiger partial charge in [-0.2, -0.15) is 0 Å². The van der Waals surface area contributed by atoms with Crippen LogP contribution in [0.2, 0.25) is 0 Å². The molecule has 0 bridgehead atoms. The Morgan fingerprint density at radius 2 is 2.05 bits per heavy atom. The molecule has 1 fully saturated rings. The van der Waals surface area contributed by atoms with Crippen LogP contribution in [-0.2, 0) is 11.3 Å². The Morgan fingerprint density at radius 3 is 2.70 bits per heavy atom. The zero-order valence-electron chi connectivity index (χ0n) is 12.9. The van der Waals surface area contributed by atoms with Crippen molar-refractivity contribution < 1.29 is 4.79 Å². The quantitative estimate of drug-likeness (QED) is 0.915. The summed E-state index contributed by atoms with van der Waals surface area (Å²) in [6.07, 6.45) is 3.35. The SMILES string of the molecule is CCC1CCNC(C(=O)N(C)Cc2ccc(C)cc2)C1. The van der Waals surface area contributed by atoms with Gasteiger partial charge in [0.05, 0.1) is 6.04 Å². The first kappa shape index (κ1) is 15.0. The summed E-state index contributed by atoms with van der Waals surface area (Å²) >= 11 is 0. The lowest BCUT2D eigenvalue weighted by atomic mass is 9.90. The fourth-order valence-electron chi connectivity index (χ4n) is 2.87. The number of likely N-dealkylation sites (N-methyl/N-ethyl adjacent to an activating group) is 1. The molecule has 1 aromatic rings. The summed E-state index contributed by atoms with van der Waals surface area (Å²) in [6, 6.07) is 8.40. The number of benzene rings is 1. The van der Waals surface area contributed by atoms with Crippen LogP contribution in [0.25, 0.3) is 0 Å². The Morgan fingerprint density at radius 1 is 1.35 bits per heavy atom. The molecule has 1 N–H and O–H groups in total. The van der Waals surface area contributed by atoms with Gasteiger partial charge in [0.2, 0.25) is 5.91 Å². The van der Waals surface area contributed by atoms with Gasteiger partial charge in [0.1, 0.15) is 0 Å². The Balaban J connectivity index is 1.92. The highest BCUT2D eigenvalue weighted by Crippen LogP contribution is 2.20. The second-order valence-electron chi connectivity index (χ2n) is 5.99. The largest absolute Gasteiger partial charge is 0.340 e. The van der Waals surface area contributed by atoms with Crippen molar-refractivity contribution in [3.63, 3.8) is 0 Å². The Kier molecular flexibility index (Phi) is 5.18. The van der Waals surface area contributed by atoms with Gasteiger partial charge in [-0.1, -0.05) is 43.2 Å². The Bertz CT molecular complexity index is 441. The number of nitrogens with one attached hydrogen (secondary N) is 1. The highest BCUT2D eigenvalue weighted by Gasteiger charge is 2.27. The molecule has 1 aromatic carbocycles. The molecule has 2 unspecified atom stereocenters. The Labute approximate surface area is 122 Å². The minimum absolute atomic E-state index is 0.00384. The lowest BCUT2D eigenvalue weighted by Gasteiger charge is -2.31. The lowest BCUT2D eigenvalue weighted by Crippen LogP contribution is -2.49. The molecule has 3 heteroatoms. The maximum atomic E-state index is 12.5. The van der Waals surface area contributed by atoms with Crippen molar-refractivity contribution in [2.24, 2.45) is 5.92 Å². The van der Waals surface area contributed by atoms with Crippen LogP contribution < -0.4 is 5.32 Å². The summed E-state index contributed by atoms with van der Waals surface area (Å²) in [5, 5.41) is 3.37. The van der Waals surface area contributed by atoms with Gasteiger partial charge >= 0.3 is 0 Å². The average molecular weight is 274 g/mol. The van der Waals surface area contributed by atoms with Crippen molar-refractivity contribution in [2.75, 3.05) is 13.6 Å². The molecular formula is C17H26N2O. The molecule has 110 valence electrons. The normalized spacial score (nSPS) is 22.6. The second-order valence-corrected chi connectivity index (χ2v) is 5.99. The van der Waals surface area contributed by atoms with Gasteiger partial charge in [-0.15, -0.1) is 0 Å². The summed E-state index contributed by atoms with van der Waals surface area (Å²) < 4.78 is 0. The zero-order valence-corrected chi connectivity index (χ0v) is 12.9. The molecule has 1 heterocycles. The molecule has 1 saturated heterocycles. The van der Waals surface area contributed by atoms with Crippen molar-refractivity contribution in [2.45, 2.75) is 45.7 Å². The van der Waals surface area contributed by atoms with Crippen LogP contribution in [0.15, 0.2) is 24.3 Å². The van der Waals surface area contributed by atoms with Crippen LogP contribution in [0, 0.1) is 12.8 Å². The fourth-order valence-corrected chi connectivity index (χ4v) is 2.87. The van der Waals surface area contributed by atoms with Crippen LogP contribution >= 0.6 is 0 Å². The van der Waals surface area contributed by atoms with Gasteiger partial charge in [-0.05, 0) is 37.8 Å². The first-order valence-electron chi connectivity index (χ1n) is 7.64. The predicted octanol–water partition coefficient (Wildman–Crippen LogP) is 2.73. The smallest absolute Gasteiger partial charge is 0.239 e. The fraction of sp³-hybridized carbons (Fsp3) is 0.588. The highest BCUT2D eigenvalue weighted by molar-refractivity contribution is 5.81. The number of nitrogens with zero attached hydrogens (tertiary/aromatic N) is 1. The van der Waals surface area contributed by atoms with Gasteiger partial charge < -0.3 is 10.2 Å². The molecule has 3 nitrogen and oxygen atoms in total. The van der Waals surface area contributed by atoms with Crippen LogP contribution in [-0.4, -0.2) is 30.4 Å². The molecule has 2 atom stereocenters. The van der Waals surface area contributed by atoms with Gasteiger partial charge in [0.25, 0.3) is 0 Å². The zero-order chi connectivity index (χ0) is 14.5. The second kappa shape index (κ2) is 6.89. The van der Waals surface area contributed by atoms with Crippen molar-refractivity contribution in [3.05, 3.63) is 35.4 Å². The molecule has 20 heavy (non-hydrogen) atoms. The van der Waals surface area contributed by atoms with Crippen LogP contribution in [0.5, 0.6) is 0 Å². The highest BCUT2D eigenvalue weighted by atomic mass is 16.2. The van der Waals surface area contributed by atoms with E-state index in [4.69, 9.17) is 0 Å². The maximum Gasteiger partial charge on any atom is 0.239 e. The van der Waals surface area contributed by atoms with E-state index in [0.717, 1.165) is 13.0 Å². The predicted molar refractivity (Wildman–Crippen MR) is 82.5 cm³/mol. The molecule has 0 radical (unpaired) electrons. The Hall–Kier alpha value is -1.35. The monoisotopic (exact) mass is 274 g/mol. The topological polar surface area (TPSA) is 32.3 Å². The number of piperidine rings is 1. The van der Waals surface area contributed by atoms with E-state index in [2.05, 4.69) is 43.4 Å². The standard InChI is InChI=1S/C17H26N2O/c1-4-14-9-10-18-16(11-14)17(20)19(3)12-15-7-5-13(2)6-8-15/h5-8,14,16,18H,4,9-12H2,1-3H3. The molecule has 1 aliphatic rings. The lowest BCUT2D eigenvalue weighted by molar-refractivity contribution is -0.133. The molecule has 1 amide bonds. The minimum atomic E-state index is 0.00384. The summed E-state index contributed by atoms with van der Waals surface area (Å²) in [5.41, 5.74) is 2.44.